The summed E-state index contributed by atoms with van der Waals surface area (Å²) in [5, 5.41) is 3.09. The lowest BCUT2D eigenvalue weighted by Gasteiger charge is -2.33. The SMILES string of the molecule is Cc1cc(C(=O)NC(C)(CN)C(C)C)c(C)n1-c1ccccn1. The quantitative estimate of drug-likeness (QED) is 0.891. The van der Waals surface area contributed by atoms with E-state index < -0.39 is 5.54 Å². The van der Waals surface area contributed by atoms with Gasteiger partial charge in [-0.1, -0.05) is 19.9 Å². The van der Waals surface area contributed by atoms with Gasteiger partial charge in [0.25, 0.3) is 5.91 Å². The number of amides is 1. The average molecular weight is 314 g/mol. The van der Waals surface area contributed by atoms with Gasteiger partial charge in [0.15, 0.2) is 0 Å². The fourth-order valence-corrected chi connectivity index (χ4v) is 2.59. The summed E-state index contributed by atoms with van der Waals surface area (Å²) in [5.74, 6) is 0.963. The monoisotopic (exact) mass is 314 g/mol. The molecule has 0 fully saturated rings. The van der Waals surface area contributed by atoms with Gasteiger partial charge < -0.3 is 15.6 Å². The first-order valence-corrected chi connectivity index (χ1v) is 7.93. The van der Waals surface area contributed by atoms with Gasteiger partial charge in [-0.25, -0.2) is 4.98 Å². The van der Waals surface area contributed by atoms with E-state index in [1.165, 1.54) is 0 Å². The number of pyridine rings is 1. The van der Waals surface area contributed by atoms with Crippen LogP contribution in [0.2, 0.25) is 0 Å². The number of aryl methyl sites for hydroxylation is 1. The molecule has 0 aliphatic rings. The van der Waals surface area contributed by atoms with Crippen LogP contribution in [0.15, 0.2) is 30.5 Å². The Morgan fingerprint density at radius 3 is 2.61 bits per heavy atom. The van der Waals surface area contributed by atoms with Gasteiger partial charge in [-0.15, -0.1) is 0 Å². The summed E-state index contributed by atoms with van der Waals surface area (Å²) in [6.45, 7) is 10.4. The van der Waals surface area contributed by atoms with Crippen LogP contribution in [0.1, 0.15) is 42.5 Å². The molecule has 0 radical (unpaired) electrons. The van der Waals surface area contributed by atoms with Crippen LogP contribution < -0.4 is 11.1 Å². The highest BCUT2D eigenvalue weighted by Crippen LogP contribution is 2.21. The molecule has 5 nitrogen and oxygen atoms in total. The molecule has 0 aliphatic heterocycles. The largest absolute Gasteiger partial charge is 0.345 e. The molecule has 3 N–H and O–H groups in total. The van der Waals surface area contributed by atoms with Crippen LogP contribution in [0.25, 0.3) is 5.82 Å². The standard InChI is InChI=1S/C18H26N4O/c1-12(2)18(5,11-19)21-17(23)15-10-13(3)22(14(15)4)16-8-6-7-9-20-16/h6-10,12H,11,19H2,1-5H3,(H,21,23). The number of nitrogens with one attached hydrogen (secondary N) is 1. The van der Waals surface area contributed by atoms with Crippen molar-refractivity contribution in [2.24, 2.45) is 11.7 Å². The van der Waals surface area contributed by atoms with Crippen molar-refractivity contribution in [1.29, 1.82) is 0 Å². The summed E-state index contributed by atoms with van der Waals surface area (Å²) >= 11 is 0. The first-order valence-electron chi connectivity index (χ1n) is 7.93. The number of aromatic nitrogens is 2. The van der Waals surface area contributed by atoms with E-state index >= 15 is 0 Å². The van der Waals surface area contributed by atoms with Crippen LogP contribution in [0.4, 0.5) is 0 Å². The zero-order valence-corrected chi connectivity index (χ0v) is 14.6. The second kappa shape index (κ2) is 6.54. The number of hydrogen-bond acceptors (Lipinski definition) is 3. The zero-order chi connectivity index (χ0) is 17.2. The number of nitrogens with zero attached hydrogens (tertiary/aromatic N) is 2. The number of carbonyl (C=O) groups excluding carboxylic acids is 1. The van der Waals surface area contributed by atoms with E-state index in [-0.39, 0.29) is 11.8 Å². The first-order chi connectivity index (χ1) is 10.8. The molecule has 0 aromatic carbocycles. The maximum Gasteiger partial charge on any atom is 0.253 e. The van der Waals surface area contributed by atoms with E-state index in [0.29, 0.717) is 12.1 Å². The summed E-state index contributed by atoms with van der Waals surface area (Å²) in [6, 6.07) is 7.64. The third-order valence-electron chi connectivity index (χ3n) is 4.65. The van der Waals surface area contributed by atoms with Gasteiger partial charge in [-0.05, 0) is 44.9 Å². The second-order valence-corrected chi connectivity index (χ2v) is 6.54. The van der Waals surface area contributed by atoms with E-state index in [1.807, 2.05) is 49.6 Å². The molecule has 0 saturated heterocycles. The summed E-state index contributed by atoms with van der Waals surface area (Å²) in [7, 11) is 0. The van der Waals surface area contributed by atoms with E-state index in [4.69, 9.17) is 5.73 Å². The van der Waals surface area contributed by atoms with Gasteiger partial charge in [0.05, 0.1) is 11.1 Å². The van der Waals surface area contributed by atoms with E-state index in [0.717, 1.165) is 17.2 Å². The minimum atomic E-state index is -0.426. The van der Waals surface area contributed by atoms with Crippen LogP contribution in [0, 0.1) is 19.8 Å². The third-order valence-corrected chi connectivity index (χ3v) is 4.65. The van der Waals surface area contributed by atoms with Crippen LogP contribution in [-0.4, -0.2) is 27.5 Å². The normalized spacial score (nSPS) is 13.9. The van der Waals surface area contributed by atoms with Crippen molar-refractivity contribution in [2.75, 3.05) is 6.54 Å². The predicted molar refractivity (Wildman–Crippen MR) is 92.8 cm³/mol. The number of hydrogen-bond donors (Lipinski definition) is 2. The van der Waals surface area contributed by atoms with Crippen molar-refractivity contribution in [3.8, 4) is 5.82 Å². The third kappa shape index (κ3) is 3.29. The van der Waals surface area contributed by atoms with Gasteiger partial charge in [-0.3, -0.25) is 4.79 Å². The molecule has 2 aromatic heterocycles. The fourth-order valence-electron chi connectivity index (χ4n) is 2.59. The molecule has 0 aliphatic carbocycles. The van der Waals surface area contributed by atoms with Crippen molar-refractivity contribution < 1.29 is 4.79 Å². The number of carbonyl (C=O) groups is 1. The van der Waals surface area contributed by atoms with Gasteiger partial charge in [-0.2, -0.15) is 0 Å². The van der Waals surface area contributed by atoms with E-state index in [9.17, 15) is 4.79 Å². The van der Waals surface area contributed by atoms with Crippen molar-refractivity contribution in [2.45, 2.75) is 40.2 Å². The molecule has 1 atom stereocenters. The van der Waals surface area contributed by atoms with Crippen LogP contribution in [-0.2, 0) is 0 Å². The summed E-state index contributed by atoms with van der Waals surface area (Å²) in [5.41, 5.74) is 7.96. The molecular weight excluding hydrogens is 288 g/mol. The predicted octanol–water partition coefficient (Wildman–Crippen LogP) is 2.59. The van der Waals surface area contributed by atoms with Crippen LogP contribution in [0.5, 0.6) is 0 Å². The summed E-state index contributed by atoms with van der Waals surface area (Å²) in [6.07, 6.45) is 1.75. The molecule has 0 bridgehead atoms. The topological polar surface area (TPSA) is 72.9 Å². The smallest absolute Gasteiger partial charge is 0.253 e. The van der Waals surface area contributed by atoms with Gasteiger partial charge >= 0.3 is 0 Å². The Morgan fingerprint density at radius 2 is 2.09 bits per heavy atom. The molecule has 23 heavy (non-hydrogen) atoms. The molecule has 5 heteroatoms. The molecule has 1 amide bonds. The number of rotatable bonds is 5. The molecule has 2 aromatic rings. The van der Waals surface area contributed by atoms with Crippen molar-refractivity contribution in [3.05, 3.63) is 47.4 Å². The van der Waals surface area contributed by atoms with E-state index in [1.54, 1.807) is 6.20 Å². The van der Waals surface area contributed by atoms with Gasteiger partial charge in [0.2, 0.25) is 0 Å². The molecule has 1 unspecified atom stereocenters. The first kappa shape index (κ1) is 17.2. The highest BCUT2D eigenvalue weighted by molar-refractivity contribution is 5.96. The molecule has 2 heterocycles. The Bertz CT molecular complexity index is 691. The lowest BCUT2D eigenvalue weighted by molar-refractivity contribution is 0.0882. The molecular formula is C18H26N4O. The Hall–Kier alpha value is -2.14. The Kier molecular flexibility index (Phi) is 4.90. The van der Waals surface area contributed by atoms with Gasteiger partial charge in [0, 0.05) is 24.1 Å². The van der Waals surface area contributed by atoms with Crippen molar-refractivity contribution in [3.63, 3.8) is 0 Å². The molecule has 0 spiro atoms. The average Bonchev–Trinajstić information content (AvgIpc) is 2.82. The summed E-state index contributed by atoms with van der Waals surface area (Å²) < 4.78 is 1.99. The lowest BCUT2D eigenvalue weighted by atomic mass is 9.88. The highest BCUT2D eigenvalue weighted by atomic mass is 16.1. The highest BCUT2D eigenvalue weighted by Gasteiger charge is 2.30. The summed E-state index contributed by atoms with van der Waals surface area (Å²) in [4.78, 5) is 17.1. The molecule has 2 rings (SSSR count). The maximum absolute atomic E-state index is 12.7. The fraction of sp³-hybridized carbons (Fsp3) is 0.444. The zero-order valence-electron chi connectivity index (χ0n) is 14.6. The van der Waals surface area contributed by atoms with E-state index in [2.05, 4.69) is 24.1 Å². The second-order valence-electron chi connectivity index (χ2n) is 6.54. The molecule has 124 valence electrons. The molecule has 0 saturated carbocycles. The maximum atomic E-state index is 12.7. The number of nitrogens with two attached hydrogens (primary N) is 1. The van der Waals surface area contributed by atoms with Crippen LogP contribution in [0.3, 0.4) is 0 Å². The lowest BCUT2D eigenvalue weighted by Crippen LogP contribution is -2.55. The van der Waals surface area contributed by atoms with Crippen molar-refractivity contribution in [1.82, 2.24) is 14.9 Å². The Morgan fingerprint density at radius 1 is 1.39 bits per heavy atom. The van der Waals surface area contributed by atoms with Gasteiger partial charge in [0.1, 0.15) is 5.82 Å². The Balaban J connectivity index is 2.37. The Labute approximate surface area is 137 Å². The van der Waals surface area contributed by atoms with Crippen LogP contribution >= 0.6 is 0 Å². The minimum absolute atomic E-state index is 0.0954. The minimum Gasteiger partial charge on any atom is -0.345 e. The van der Waals surface area contributed by atoms with Crippen molar-refractivity contribution >= 4 is 5.91 Å².